The second-order valence-corrected chi connectivity index (χ2v) is 6.84. The Hall–Kier alpha value is -1.06. The Morgan fingerprint density at radius 1 is 1.14 bits per heavy atom. The first-order chi connectivity index (χ1) is 10.2. The smallest absolute Gasteiger partial charge is 0.120 e. The largest absolute Gasteiger partial charge is 0.490 e. The highest BCUT2D eigenvalue weighted by Crippen LogP contribution is 2.28. The van der Waals surface area contributed by atoms with Crippen LogP contribution in [0.2, 0.25) is 0 Å². The average molecular weight is 288 g/mol. The maximum Gasteiger partial charge on any atom is 0.120 e. The van der Waals surface area contributed by atoms with Gasteiger partial charge in [0.2, 0.25) is 0 Å². The van der Waals surface area contributed by atoms with E-state index in [1.807, 2.05) is 0 Å². The van der Waals surface area contributed by atoms with Crippen LogP contribution < -0.4 is 10.1 Å². The first-order valence-corrected chi connectivity index (χ1v) is 8.39. The summed E-state index contributed by atoms with van der Waals surface area (Å²) >= 11 is 0. The van der Waals surface area contributed by atoms with Crippen molar-refractivity contribution in [1.82, 2.24) is 10.2 Å². The summed E-state index contributed by atoms with van der Waals surface area (Å²) in [6.45, 7) is 5.74. The maximum absolute atomic E-state index is 6.20. The summed E-state index contributed by atoms with van der Waals surface area (Å²) in [5.74, 6) is 1.85. The van der Waals surface area contributed by atoms with Gasteiger partial charge >= 0.3 is 0 Å². The fourth-order valence-corrected chi connectivity index (χ4v) is 3.38. The summed E-state index contributed by atoms with van der Waals surface area (Å²) in [6, 6.07) is 9.22. The van der Waals surface area contributed by atoms with Crippen molar-refractivity contribution in [3.05, 3.63) is 29.8 Å². The Kier molecular flexibility index (Phi) is 4.81. The van der Waals surface area contributed by atoms with Gasteiger partial charge in [0.15, 0.2) is 0 Å². The fourth-order valence-electron chi connectivity index (χ4n) is 3.38. The summed E-state index contributed by atoms with van der Waals surface area (Å²) in [7, 11) is 2.19. The molecule has 1 N–H and O–H groups in total. The average Bonchev–Trinajstić information content (AvgIpc) is 2.51. The van der Waals surface area contributed by atoms with Crippen LogP contribution in [-0.4, -0.2) is 37.7 Å². The van der Waals surface area contributed by atoms with Gasteiger partial charge in [-0.2, -0.15) is 0 Å². The molecule has 3 rings (SSSR count). The van der Waals surface area contributed by atoms with E-state index in [1.165, 1.54) is 18.4 Å². The third-order valence-corrected chi connectivity index (χ3v) is 4.89. The zero-order valence-corrected chi connectivity index (χ0v) is 13.3. The first-order valence-electron chi connectivity index (χ1n) is 8.39. The van der Waals surface area contributed by atoms with E-state index < -0.39 is 0 Å². The van der Waals surface area contributed by atoms with Crippen molar-refractivity contribution in [2.45, 2.75) is 44.8 Å². The highest BCUT2D eigenvalue weighted by atomic mass is 16.5. The van der Waals surface area contributed by atoms with E-state index in [-0.39, 0.29) is 0 Å². The number of ether oxygens (including phenoxy) is 1. The normalized spacial score (nSPS) is 28.5. The van der Waals surface area contributed by atoms with Crippen LogP contribution in [0.25, 0.3) is 0 Å². The lowest BCUT2D eigenvalue weighted by Gasteiger charge is -2.30. The van der Waals surface area contributed by atoms with Crippen LogP contribution in [0.4, 0.5) is 0 Å². The molecule has 1 aromatic carbocycles. The monoisotopic (exact) mass is 288 g/mol. The van der Waals surface area contributed by atoms with Crippen LogP contribution in [0.5, 0.6) is 5.75 Å². The lowest BCUT2D eigenvalue weighted by Crippen LogP contribution is -2.35. The van der Waals surface area contributed by atoms with Crippen LogP contribution >= 0.6 is 0 Å². The molecule has 0 radical (unpaired) electrons. The molecule has 3 heteroatoms. The second kappa shape index (κ2) is 6.80. The molecule has 0 aromatic heterocycles. The van der Waals surface area contributed by atoms with Crippen LogP contribution in [0.1, 0.15) is 44.2 Å². The summed E-state index contributed by atoms with van der Waals surface area (Å²) in [6.07, 6.45) is 5.21. The molecule has 0 bridgehead atoms. The predicted molar refractivity (Wildman–Crippen MR) is 86.7 cm³/mol. The lowest BCUT2D eigenvalue weighted by molar-refractivity contribution is 0.114. The predicted octanol–water partition coefficient (Wildman–Crippen LogP) is 3.22. The Morgan fingerprint density at radius 2 is 1.95 bits per heavy atom. The van der Waals surface area contributed by atoms with E-state index in [0.717, 1.165) is 44.1 Å². The molecular weight excluding hydrogens is 260 g/mol. The van der Waals surface area contributed by atoms with Crippen molar-refractivity contribution in [3.8, 4) is 5.75 Å². The van der Waals surface area contributed by atoms with Crippen molar-refractivity contribution in [2.24, 2.45) is 5.92 Å². The van der Waals surface area contributed by atoms with Gasteiger partial charge in [-0.15, -0.1) is 0 Å². The van der Waals surface area contributed by atoms with E-state index in [4.69, 9.17) is 4.74 Å². The molecule has 2 saturated heterocycles. The Bertz CT molecular complexity index is 446. The van der Waals surface area contributed by atoms with Crippen LogP contribution in [0.15, 0.2) is 24.3 Å². The van der Waals surface area contributed by atoms with Crippen LogP contribution in [0, 0.1) is 5.92 Å². The second-order valence-electron chi connectivity index (χ2n) is 6.84. The van der Waals surface area contributed by atoms with Crippen molar-refractivity contribution in [3.63, 3.8) is 0 Å². The minimum Gasteiger partial charge on any atom is -0.490 e. The number of hydrogen-bond donors (Lipinski definition) is 1. The molecule has 0 unspecified atom stereocenters. The van der Waals surface area contributed by atoms with Gasteiger partial charge in [0.1, 0.15) is 11.9 Å². The fraction of sp³-hybridized carbons (Fsp3) is 0.667. The Labute approximate surface area is 128 Å². The molecule has 2 heterocycles. The van der Waals surface area contributed by atoms with E-state index in [0.29, 0.717) is 12.1 Å². The van der Waals surface area contributed by atoms with E-state index in [9.17, 15) is 0 Å². The van der Waals surface area contributed by atoms with Crippen molar-refractivity contribution in [1.29, 1.82) is 0 Å². The standard InChI is InChI=1S/C18H28N2O/c1-14-6-7-18(19-13-14)15-4-3-5-17(12-15)21-16-8-10-20(2)11-9-16/h3-5,12,14,16,18-19H,6-11,13H2,1-2H3/t14-,18+/m0/s1. The molecule has 2 atom stereocenters. The zero-order valence-electron chi connectivity index (χ0n) is 13.3. The van der Waals surface area contributed by atoms with Gasteiger partial charge < -0.3 is 15.0 Å². The number of piperidine rings is 2. The number of nitrogens with zero attached hydrogens (tertiary/aromatic N) is 1. The van der Waals surface area contributed by atoms with Crippen molar-refractivity contribution >= 4 is 0 Å². The van der Waals surface area contributed by atoms with Gasteiger partial charge in [0.25, 0.3) is 0 Å². The van der Waals surface area contributed by atoms with E-state index in [1.54, 1.807) is 0 Å². The molecular formula is C18H28N2O. The lowest BCUT2D eigenvalue weighted by atomic mass is 9.92. The van der Waals surface area contributed by atoms with Gasteiger partial charge in [-0.25, -0.2) is 0 Å². The third-order valence-electron chi connectivity index (χ3n) is 4.89. The molecule has 116 valence electrons. The number of hydrogen-bond acceptors (Lipinski definition) is 3. The Balaban J connectivity index is 1.60. The van der Waals surface area contributed by atoms with Crippen molar-refractivity contribution < 1.29 is 4.74 Å². The number of likely N-dealkylation sites (tertiary alicyclic amines) is 1. The molecule has 21 heavy (non-hydrogen) atoms. The highest BCUT2D eigenvalue weighted by molar-refractivity contribution is 5.31. The van der Waals surface area contributed by atoms with Gasteiger partial charge in [0, 0.05) is 19.1 Å². The molecule has 0 saturated carbocycles. The molecule has 2 fully saturated rings. The minimum absolute atomic E-state index is 0.385. The summed E-state index contributed by atoms with van der Waals surface area (Å²) < 4.78 is 6.20. The van der Waals surface area contributed by atoms with Crippen LogP contribution in [-0.2, 0) is 0 Å². The van der Waals surface area contributed by atoms with E-state index >= 15 is 0 Å². The first kappa shape index (κ1) is 14.9. The molecule has 0 aliphatic carbocycles. The molecule has 0 amide bonds. The molecule has 3 nitrogen and oxygen atoms in total. The zero-order chi connectivity index (χ0) is 14.7. The highest BCUT2D eigenvalue weighted by Gasteiger charge is 2.21. The number of nitrogens with one attached hydrogen (secondary N) is 1. The summed E-state index contributed by atoms with van der Waals surface area (Å²) in [4.78, 5) is 2.38. The van der Waals surface area contributed by atoms with Gasteiger partial charge in [0.05, 0.1) is 0 Å². The number of rotatable bonds is 3. The van der Waals surface area contributed by atoms with Gasteiger partial charge in [-0.05, 0) is 62.9 Å². The van der Waals surface area contributed by atoms with E-state index in [2.05, 4.69) is 48.5 Å². The molecule has 2 aliphatic rings. The third kappa shape index (κ3) is 3.98. The summed E-state index contributed by atoms with van der Waals surface area (Å²) in [5, 5.41) is 3.66. The molecule has 2 aliphatic heterocycles. The number of benzene rings is 1. The van der Waals surface area contributed by atoms with Gasteiger partial charge in [-0.1, -0.05) is 19.1 Å². The Morgan fingerprint density at radius 3 is 2.67 bits per heavy atom. The minimum atomic E-state index is 0.385. The van der Waals surface area contributed by atoms with Crippen LogP contribution in [0.3, 0.4) is 0 Å². The summed E-state index contributed by atoms with van der Waals surface area (Å²) in [5.41, 5.74) is 1.38. The van der Waals surface area contributed by atoms with Crippen molar-refractivity contribution in [2.75, 3.05) is 26.7 Å². The quantitative estimate of drug-likeness (QED) is 0.924. The molecule has 0 spiro atoms. The maximum atomic E-state index is 6.20. The van der Waals surface area contributed by atoms with Gasteiger partial charge in [-0.3, -0.25) is 0 Å². The molecule has 1 aromatic rings. The topological polar surface area (TPSA) is 24.5 Å². The SMILES string of the molecule is C[C@H]1CC[C@H](c2cccc(OC3CCN(C)CC3)c2)NC1.